The first-order chi connectivity index (χ1) is 10.3. The van der Waals surface area contributed by atoms with Gasteiger partial charge in [-0.25, -0.2) is 0 Å². The molecule has 21 heavy (non-hydrogen) atoms. The van der Waals surface area contributed by atoms with E-state index < -0.39 is 0 Å². The smallest absolute Gasteiger partial charge is 0.0674 e. The monoisotopic (exact) mass is 292 g/mol. The van der Waals surface area contributed by atoms with Crippen molar-refractivity contribution >= 4 is 0 Å². The van der Waals surface area contributed by atoms with Crippen molar-refractivity contribution in [3.63, 3.8) is 0 Å². The van der Waals surface area contributed by atoms with Crippen molar-refractivity contribution in [1.29, 1.82) is 0 Å². The fourth-order valence-electron chi connectivity index (χ4n) is 3.09. The van der Waals surface area contributed by atoms with Crippen molar-refractivity contribution in [3.05, 3.63) is 30.1 Å². The van der Waals surface area contributed by atoms with Crippen LogP contribution in [0.5, 0.6) is 0 Å². The van der Waals surface area contributed by atoms with Crippen LogP contribution in [0, 0.1) is 0 Å². The van der Waals surface area contributed by atoms with Crippen LogP contribution in [0.2, 0.25) is 0 Å². The molecule has 118 valence electrons. The van der Waals surface area contributed by atoms with Crippen LogP contribution in [0.1, 0.15) is 31.5 Å². The number of aliphatic hydroxyl groups is 1. The highest BCUT2D eigenvalue weighted by molar-refractivity contribution is 5.11. The summed E-state index contributed by atoms with van der Waals surface area (Å²) in [6, 6.07) is 6.35. The van der Waals surface area contributed by atoms with Crippen molar-refractivity contribution in [3.8, 4) is 0 Å². The molecule has 0 bridgehead atoms. The van der Waals surface area contributed by atoms with Gasteiger partial charge in [-0.2, -0.15) is 0 Å². The summed E-state index contributed by atoms with van der Waals surface area (Å²) < 4.78 is 0. The third-order valence-corrected chi connectivity index (χ3v) is 4.30. The Kier molecular flexibility index (Phi) is 6.57. The minimum atomic E-state index is 0.101. The lowest BCUT2D eigenvalue weighted by Gasteiger charge is -2.34. The van der Waals surface area contributed by atoms with Gasteiger partial charge >= 0.3 is 0 Å². The lowest BCUT2D eigenvalue weighted by atomic mass is 10.0. The standard InChI is InChI=1S/C16H28N4O/c1-2-14(17)16(15-6-3-4-7-18-15)20-9-5-8-19(10-11-20)12-13-21/h3-4,6-7,14,16,21H,2,5,8-13,17H2,1H3. The van der Waals surface area contributed by atoms with E-state index in [0.29, 0.717) is 0 Å². The Balaban J connectivity index is 2.10. The van der Waals surface area contributed by atoms with Crippen molar-refractivity contribution in [2.75, 3.05) is 39.3 Å². The van der Waals surface area contributed by atoms with E-state index in [2.05, 4.69) is 27.8 Å². The van der Waals surface area contributed by atoms with Crippen LogP contribution in [0.15, 0.2) is 24.4 Å². The van der Waals surface area contributed by atoms with Gasteiger partial charge in [-0.1, -0.05) is 13.0 Å². The predicted molar refractivity (Wildman–Crippen MR) is 85.0 cm³/mol. The molecule has 0 aliphatic carbocycles. The first-order valence-electron chi connectivity index (χ1n) is 8.00. The van der Waals surface area contributed by atoms with E-state index in [1.165, 1.54) is 0 Å². The van der Waals surface area contributed by atoms with Crippen LogP contribution in [0.25, 0.3) is 0 Å². The number of β-amino-alcohol motifs (C(OH)–C–C–N with tert-alkyl or cyclic N) is 1. The summed E-state index contributed by atoms with van der Waals surface area (Å²) in [7, 11) is 0. The molecule has 3 N–H and O–H groups in total. The molecule has 2 atom stereocenters. The highest BCUT2D eigenvalue weighted by Gasteiger charge is 2.28. The molecule has 1 fully saturated rings. The second-order valence-electron chi connectivity index (χ2n) is 5.73. The second kappa shape index (κ2) is 8.44. The highest BCUT2D eigenvalue weighted by Crippen LogP contribution is 2.24. The third kappa shape index (κ3) is 4.48. The number of aromatic nitrogens is 1. The van der Waals surface area contributed by atoms with Crippen molar-refractivity contribution in [1.82, 2.24) is 14.8 Å². The maximum Gasteiger partial charge on any atom is 0.0674 e. The molecule has 2 rings (SSSR count). The summed E-state index contributed by atoms with van der Waals surface area (Å²) in [4.78, 5) is 9.33. The molecule has 1 aliphatic heterocycles. The average Bonchev–Trinajstić information content (AvgIpc) is 2.75. The van der Waals surface area contributed by atoms with Crippen LogP contribution in [0.3, 0.4) is 0 Å². The van der Waals surface area contributed by atoms with Gasteiger partial charge in [0.1, 0.15) is 0 Å². The lowest BCUT2D eigenvalue weighted by molar-refractivity contribution is 0.161. The number of aliphatic hydroxyl groups excluding tert-OH is 1. The van der Waals surface area contributed by atoms with Gasteiger partial charge in [-0.05, 0) is 31.5 Å². The van der Waals surface area contributed by atoms with Crippen LogP contribution in [-0.4, -0.2) is 65.3 Å². The molecular weight excluding hydrogens is 264 g/mol. The zero-order valence-corrected chi connectivity index (χ0v) is 13.0. The fraction of sp³-hybridized carbons (Fsp3) is 0.688. The first kappa shape index (κ1) is 16.4. The van der Waals surface area contributed by atoms with E-state index in [4.69, 9.17) is 10.8 Å². The predicted octanol–water partition coefficient (Wildman–Crippen LogP) is 0.860. The summed E-state index contributed by atoms with van der Waals surface area (Å²) in [5.74, 6) is 0. The van der Waals surface area contributed by atoms with Gasteiger partial charge < -0.3 is 10.8 Å². The van der Waals surface area contributed by atoms with Crippen LogP contribution in [-0.2, 0) is 0 Å². The molecule has 1 aliphatic rings. The van der Waals surface area contributed by atoms with Crippen LogP contribution < -0.4 is 5.73 Å². The molecule has 0 saturated carbocycles. The van der Waals surface area contributed by atoms with E-state index in [1.54, 1.807) is 0 Å². The summed E-state index contributed by atoms with van der Waals surface area (Å²) in [6.07, 6.45) is 3.90. The van der Waals surface area contributed by atoms with Gasteiger partial charge in [0.15, 0.2) is 0 Å². The van der Waals surface area contributed by atoms with Crippen molar-refractivity contribution in [2.45, 2.75) is 31.8 Å². The highest BCUT2D eigenvalue weighted by atomic mass is 16.3. The molecule has 0 spiro atoms. The average molecular weight is 292 g/mol. The zero-order valence-electron chi connectivity index (χ0n) is 13.0. The zero-order chi connectivity index (χ0) is 15.1. The Morgan fingerprint density at radius 2 is 2.14 bits per heavy atom. The number of nitrogens with two attached hydrogens (primary N) is 1. The van der Waals surface area contributed by atoms with Crippen molar-refractivity contribution in [2.24, 2.45) is 5.73 Å². The van der Waals surface area contributed by atoms with Crippen LogP contribution >= 0.6 is 0 Å². The lowest BCUT2D eigenvalue weighted by Crippen LogP contribution is -2.43. The summed E-state index contributed by atoms with van der Waals surface area (Å²) in [6.45, 7) is 7.19. The summed E-state index contributed by atoms with van der Waals surface area (Å²) in [5.41, 5.74) is 7.46. The minimum absolute atomic E-state index is 0.101. The fourth-order valence-corrected chi connectivity index (χ4v) is 3.09. The number of hydrogen-bond acceptors (Lipinski definition) is 5. The van der Waals surface area contributed by atoms with Gasteiger partial charge in [0.05, 0.1) is 18.3 Å². The largest absolute Gasteiger partial charge is 0.395 e. The normalized spacial score (nSPS) is 20.9. The Hall–Kier alpha value is -1.01. The summed E-state index contributed by atoms with van der Waals surface area (Å²) >= 11 is 0. The van der Waals surface area contributed by atoms with E-state index in [1.807, 2.05) is 18.3 Å². The Labute approximate surface area is 127 Å². The van der Waals surface area contributed by atoms with E-state index in [0.717, 1.165) is 51.3 Å². The molecule has 1 aromatic rings. The topological polar surface area (TPSA) is 65.6 Å². The van der Waals surface area contributed by atoms with Gasteiger partial charge in [0.25, 0.3) is 0 Å². The van der Waals surface area contributed by atoms with E-state index >= 15 is 0 Å². The molecule has 0 amide bonds. The van der Waals surface area contributed by atoms with E-state index in [-0.39, 0.29) is 18.7 Å². The molecular formula is C16H28N4O. The molecule has 1 saturated heterocycles. The quantitative estimate of drug-likeness (QED) is 0.814. The van der Waals surface area contributed by atoms with Gasteiger partial charge in [0, 0.05) is 38.4 Å². The molecule has 0 radical (unpaired) electrons. The molecule has 1 aromatic heterocycles. The number of rotatable bonds is 6. The molecule has 2 heterocycles. The molecule has 0 aromatic carbocycles. The Morgan fingerprint density at radius 3 is 2.81 bits per heavy atom. The Bertz CT molecular complexity index is 401. The SMILES string of the molecule is CCC(N)C(c1ccccn1)N1CCCN(CCO)CC1. The second-order valence-corrected chi connectivity index (χ2v) is 5.73. The number of nitrogens with zero attached hydrogens (tertiary/aromatic N) is 3. The van der Waals surface area contributed by atoms with Gasteiger partial charge in [-0.15, -0.1) is 0 Å². The first-order valence-corrected chi connectivity index (χ1v) is 8.00. The molecule has 5 nitrogen and oxygen atoms in total. The minimum Gasteiger partial charge on any atom is -0.395 e. The van der Waals surface area contributed by atoms with Gasteiger partial charge in [0.2, 0.25) is 0 Å². The maximum absolute atomic E-state index is 9.10. The van der Waals surface area contributed by atoms with Gasteiger partial charge in [-0.3, -0.25) is 14.8 Å². The number of hydrogen-bond donors (Lipinski definition) is 2. The maximum atomic E-state index is 9.10. The molecule has 2 unspecified atom stereocenters. The van der Waals surface area contributed by atoms with Crippen molar-refractivity contribution < 1.29 is 5.11 Å². The van der Waals surface area contributed by atoms with E-state index in [9.17, 15) is 0 Å². The Morgan fingerprint density at radius 1 is 1.29 bits per heavy atom. The summed E-state index contributed by atoms with van der Waals surface area (Å²) in [5, 5.41) is 9.10. The molecule has 5 heteroatoms. The third-order valence-electron chi connectivity index (χ3n) is 4.30. The number of pyridine rings is 1. The van der Waals surface area contributed by atoms with Crippen LogP contribution in [0.4, 0.5) is 0 Å².